The second-order valence-electron chi connectivity index (χ2n) is 3.85. The molecule has 0 aliphatic carbocycles. The zero-order valence-electron chi connectivity index (χ0n) is 9.79. The Kier molecular flexibility index (Phi) is 5.36. The van der Waals surface area contributed by atoms with Crippen LogP contribution in [0.3, 0.4) is 0 Å². The minimum Gasteiger partial charge on any atom is -0.489 e. The van der Waals surface area contributed by atoms with Gasteiger partial charge in [-0.15, -0.1) is 6.58 Å². The van der Waals surface area contributed by atoms with Crippen LogP contribution in [0.1, 0.15) is 19.4 Å². The van der Waals surface area contributed by atoms with Crippen LogP contribution < -0.4 is 10.1 Å². The van der Waals surface area contributed by atoms with Gasteiger partial charge in [-0.25, -0.2) is 0 Å². The zero-order valence-corrected chi connectivity index (χ0v) is 10.6. The summed E-state index contributed by atoms with van der Waals surface area (Å²) in [4.78, 5) is 0. The number of benzene rings is 1. The first-order valence-corrected chi connectivity index (χ1v) is 5.78. The summed E-state index contributed by atoms with van der Waals surface area (Å²) < 4.78 is 5.56. The highest BCUT2D eigenvalue weighted by molar-refractivity contribution is 6.32. The average Bonchev–Trinajstić information content (AvgIpc) is 2.22. The molecule has 16 heavy (non-hydrogen) atoms. The molecule has 1 rings (SSSR count). The van der Waals surface area contributed by atoms with Gasteiger partial charge in [-0.1, -0.05) is 23.7 Å². The van der Waals surface area contributed by atoms with Crippen molar-refractivity contribution in [3.05, 3.63) is 41.4 Å². The monoisotopic (exact) mass is 239 g/mol. The molecule has 1 N–H and O–H groups in total. The fraction of sp³-hybridized carbons (Fsp3) is 0.385. The quantitative estimate of drug-likeness (QED) is 0.607. The van der Waals surface area contributed by atoms with Gasteiger partial charge in [0.15, 0.2) is 0 Å². The van der Waals surface area contributed by atoms with Crippen LogP contribution in [-0.4, -0.2) is 12.6 Å². The highest BCUT2D eigenvalue weighted by Gasteiger charge is 2.04. The van der Waals surface area contributed by atoms with Crippen molar-refractivity contribution in [2.45, 2.75) is 26.5 Å². The summed E-state index contributed by atoms with van der Waals surface area (Å²) in [5.41, 5.74) is 1.14. The molecule has 1 aromatic rings. The summed E-state index contributed by atoms with van der Waals surface area (Å²) in [7, 11) is 0. The molecular weight excluding hydrogens is 222 g/mol. The number of hydrogen-bond donors (Lipinski definition) is 1. The van der Waals surface area contributed by atoms with E-state index in [4.69, 9.17) is 16.3 Å². The van der Waals surface area contributed by atoms with Crippen LogP contribution in [0.5, 0.6) is 5.75 Å². The van der Waals surface area contributed by atoms with Gasteiger partial charge in [0, 0.05) is 13.1 Å². The lowest BCUT2D eigenvalue weighted by molar-refractivity contribution is 0.242. The minimum atomic E-state index is 0.141. The Morgan fingerprint density at radius 1 is 1.50 bits per heavy atom. The molecule has 0 radical (unpaired) electrons. The van der Waals surface area contributed by atoms with Gasteiger partial charge in [0.2, 0.25) is 0 Å². The lowest BCUT2D eigenvalue weighted by Gasteiger charge is -2.12. The normalized spacial score (nSPS) is 10.5. The molecule has 0 fully saturated rings. The van der Waals surface area contributed by atoms with Crippen molar-refractivity contribution in [3.63, 3.8) is 0 Å². The summed E-state index contributed by atoms with van der Waals surface area (Å²) in [6.07, 6.45) is 1.97. The number of nitrogens with one attached hydrogen (secondary N) is 1. The van der Waals surface area contributed by atoms with Crippen molar-refractivity contribution in [1.29, 1.82) is 0 Å². The molecule has 0 aromatic heterocycles. The maximum atomic E-state index is 6.11. The van der Waals surface area contributed by atoms with E-state index in [0.717, 1.165) is 24.4 Å². The molecule has 0 spiro atoms. The standard InChI is InChI=1S/C13H18ClNO/c1-4-7-15-9-11-5-6-13(12(14)8-11)16-10(2)3/h4-6,8,10,15H,1,7,9H2,2-3H3. The van der Waals surface area contributed by atoms with E-state index in [2.05, 4.69) is 11.9 Å². The third-order valence-electron chi connectivity index (χ3n) is 1.98. The molecule has 0 atom stereocenters. The van der Waals surface area contributed by atoms with Crippen LogP contribution in [0, 0.1) is 0 Å². The van der Waals surface area contributed by atoms with E-state index in [1.807, 2.05) is 38.1 Å². The van der Waals surface area contributed by atoms with Crippen LogP contribution in [0.4, 0.5) is 0 Å². The van der Waals surface area contributed by atoms with Crippen molar-refractivity contribution < 1.29 is 4.74 Å². The second kappa shape index (κ2) is 6.56. The molecule has 3 heteroatoms. The van der Waals surface area contributed by atoms with E-state index < -0.39 is 0 Å². The van der Waals surface area contributed by atoms with E-state index in [1.165, 1.54) is 0 Å². The fourth-order valence-electron chi connectivity index (χ4n) is 1.32. The third-order valence-corrected chi connectivity index (χ3v) is 2.27. The van der Waals surface area contributed by atoms with E-state index in [0.29, 0.717) is 5.02 Å². The van der Waals surface area contributed by atoms with Crippen LogP contribution in [0.25, 0.3) is 0 Å². The Hall–Kier alpha value is -0.990. The Balaban J connectivity index is 2.63. The van der Waals surface area contributed by atoms with Gasteiger partial charge in [-0.2, -0.15) is 0 Å². The molecule has 0 heterocycles. The Labute approximate surface area is 102 Å². The topological polar surface area (TPSA) is 21.3 Å². The van der Waals surface area contributed by atoms with Crippen LogP contribution in [0.2, 0.25) is 5.02 Å². The van der Waals surface area contributed by atoms with Crippen molar-refractivity contribution in [2.75, 3.05) is 6.54 Å². The summed E-state index contributed by atoms with van der Waals surface area (Å²) in [5, 5.41) is 3.88. The fourth-order valence-corrected chi connectivity index (χ4v) is 1.57. The van der Waals surface area contributed by atoms with Gasteiger partial charge in [0.05, 0.1) is 11.1 Å². The molecule has 0 aliphatic heterocycles. The maximum absolute atomic E-state index is 6.11. The van der Waals surface area contributed by atoms with Gasteiger partial charge >= 0.3 is 0 Å². The van der Waals surface area contributed by atoms with Crippen molar-refractivity contribution >= 4 is 11.6 Å². The van der Waals surface area contributed by atoms with E-state index in [9.17, 15) is 0 Å². The Morgan fingerprint density at radius 3 is 2.81 bits per heavy atom. The van der Waals surface area contributed by atoms with Crippen LogP contribution in [0.15, 0.2) is 30.9 Å². The zero-order chi connectivity index (χ0) is 12.0. The second-order valence-corrected chi connectivity index (χ2v) is 4.26. The molecule has 1 aromatic carbocycles. The smallest absolute Gasteiger partial charge is 0.138 e. The van der Waals surface area contributed by atoms with Crippen LogP contribution >= 0.6 is 11.6 Å². The van der Waals surface area contributed by atoms with Crippen molar-refractivity contribution in [3.8, 4) is 5.75 Å². The SMILES string of the molecule is C=CCNCc1ccc(OC(C)C)c(Cl)c1. The summed E-state index contributed by atoms with van der Waals surface area (Å²) in [5.74, 6) is 0.740. The van der Waals surface area contributed by atoms with Gasteiger partial charge in [0.25, 0.3) is 0 Å². The highest BCUT2D eigenvalue weighted by Crippen LogP contribution is 2.26. The number of ether oxygens (including phenoxy) is 1. The lowest BCUT2D eigenvalue weighted by Crippen LogP contribution is -2.12. The number of halogens is 1. The predicted octanol–water partition coefficient (Wildman–Crippen LogP) is 3.40. The average molecular weight is 240 g/mol. The molecule has 0 aliphatic rings. The number of hydrogen-bond acceptors (Lipinski definition) is 2. The minimum absolute atomic E-state index is 0.141. The maximum Gasteiger partial charge on any atom is 0.138 e. The molecule has 0 unspecified atom stereocenters. The molecular formula is C13H18ClNO. The summed E-state index contributed by atoms with van der Waals surface area (Å²) >= 11 is 6.11. The van der Waals surface area contributed by atoms with E-state index in [1.54, 1.807) is 0 Å². The summed E-state index contributed by atoms with van der Waals surface area (Å²) in [6, 6.07) is 5.85. The van der Waals surface area contributed by atoms with Crippen LogP contribution in [-0.2, 0) is 6.54 Å². The van der Waals surface area contributed by atoms with Gasteiger partial charge < -0.3 is 10.1 Å². The Bertz CT molecular complexity index is 350. The lowest BCUT2D eigenvalue weighted by atomic mass is 10.2. The third kappa shape index (κ3) is 4.25. The first-order valence-electron chi connectivity index (χ1n) is 5.40. The first-order chi connectivity index (χ1) is 7.63. The molecule has 0 saturated heterocycles. The highest BCUT2D eigenvalue weighted by atomic mass is 35.5. The Morgan fingerprint density at radius 2 is 2.25 bits per heavy atom. The van der Waals surface area contributed by atoms with Crippen molar-refractivity contribution in [2.24, 2.45) is 0 Å². The predicted molar refractivity (Wildman–Crippen MR) is 69.1 cm³/mol. The molecule has 88 valence electrons. The summed E-state index contributed by atoms with van der Waals surface area (Å²) in [6.45, 7) is 9.19. The molecule has 0 bridgehead atoms. The van der Waals surface area contributed by atoms with Gasteiger partial charge in [0.1, 0.15) is 5.75 Å². The van der Waals surface area contributed by atoms with E-state index >= 15 is 0 Å². The van der Waals surface area contributed by atoms with E-state index in [-0.39, 0.29) is 6.10 Å². The molecule has 2 nitrogen and oxygen atoms in total. The number of rotatable bonds is 6. The van der Waals surface area contributed by atoms with Gasteiger partial charge in [-0.05, 0) is 31.5 Å². The van der Waals surface area contributed by atoms with Crippen molar-refractivity contribution in [1.82, 2.24) is 5.32 Å². The van der Waals surface area contributed by atoms with Gasteiger partial charge in [-0.3, -0.25) is 0 Å². The first kappa shape index (κ1) is 13.1. The molecule has 0 amide bonds. The molecule has 0 saturated carbocycles. The largest absolute Gasteiger partial charge is 0.489 e.